The van der Waals surface area contributed by atoms with Crippen molar-refractivity contribution in [2.75, 3.05) is 18.0 Å². The molecule has 142 valence electrons. The van der Waals surface area contributed by atoms with Gasteiger partial charge in [0.25, 0.3) is 15.9 Å². The van der Waals surface area contributed by atoms with Crippen LogP contribution in [0.15, 0.2) is 70.7 Å². The summed E-state index contributed by atoms with van der Waals surface area (Å²) < 4.78 is 32.0. The second-order valence-electron chi connectivity index (χ2n) is 6.21. The largest absolute Gasteiger partial charge is 0.497 e. The van der Waals surface area contributed by atoms with Crippen molar-refractivity contribution in [1.29, 1.82) is 0 Å². The molecule has 0 bridgehead atoms. The first-order valence-electron chi connectivity index (χ1n) is 8.51. The molecule has 0 unspecified atom stereocenters. The maximum Gasteiger partial charge on any atom is 0.265 e. The quantitative estimate of drug-likeness (QED) is 0.531. The van der Waals surface area contributed by atoms with E-state index in [1.807, 2.05) is 12.1 Å². The summed E-state index contributed by atoms with van der Waals surface area (Å²) in [4.78, 5) is 12.5. The first-order valence-corrected chi connectivity index (χ1v) is 9.95. The molecule has 0 saturated heterocycles. The Kier molecular flexibility index (Phi) is 4.48. The van der Waals surface area contributed by atoms with E-state index in [1.165, 1.54) is 6.21 Å². The van der Waals surface area contributed by atoms with Crippen molar-refractivity contribution in [3.63, 3.8) is 0 Å². The predicted molar refractivity (Wildman–Crippen MR) is 107 cm³/mol. The van der Waals surface area contributed by atoms with E-state index < -0.39 is 15.9 Å². The number of hydrogen-bond acceptors (Lipinski definition) is 5. The van der Waals surface area contributed by atoms with Gasteiger partial charge in [0.15, 0.2) is 0 Å². The van der Waals surface area contributed by atoms with Gasteiger partial charge in [-0.05, 0) is 35.2 Å². The van der Waals surface area contributed by atoms with Crippen molar-refractivity contribution in [3.8, 4) is 5.75 Å². The van der Waals surface area contributed by atoms with Crippen molar-refractivity contribution in [3.05, 3.63) is 66.2 Å². The molecule has 0 aliphatic carbocycles. The number of rotatable bonds is 5. The Labute approximate surface area is 162 Å². The molecule has 0 saturated carbocycles. The fourth-order valence-electron chi connectivity index (χ4n) is 3.19. The summed E-state index contributed by atoms with van der Waals surface area (Å²) in [6.45, 7) is -0.356. The summed E-state index contributed by atoms with van der Waals surface area (Å²) in [5.41, 5.74) is 3.62. The molecule has 8 heteroatoms. The summed E-state index contributed by atoms with van der Waals surface area (Å²) >= 11 is 0. The first-order chi connectivity index (χ1) is 13.5. The van der Waals surface area contributed by atoms with Gasteiger partial charge >= 0.3 is 0 Å². The Bertz CT molecular complexity index is 1200. The van der Waals surface area contributed by atoms with Gasteiger partial charge in [-0.3, -0.25) is 9.10 Å². The zero-order chi connectivity index (χ0) is 19.7. The molecule has 1 aliphatic rings. The van der Waals surface area contributed by atoms with Crippen molar-refractivity contribution in [2.24, 2.45) is 5.10 Å². The zero-order valence-electron chi connectivity index (χ0n) is 15.0. The van der Waals surface area contributed by atoms with E-state index in [0.29, 0.717) is 16.8 Å². The third-order valence-electron chi connectivity index (χ3n) is 4.47. The molecule has 7 nitrogen and oxygen atoms in total. The van der Waals surface area contributed by atoms with Crippen LogP contribution in [-0.2, 0) is 14.8 Å². The molecule has 1 amide bonds. The van der Waals surface area contributed by atoms with Gasteiger partial charge in [0.05, 0.1) is 23.9 Å². The van der Waals surface area contributed by atoms with E-state index in [4.69, 9.17) is 4.74 Å². The molecule has 0 fully saturated rings. The lowest BCUT2D eigenvalue weighted by Crippen LogP contribution is -2.37. The van der Waals surface area contributed by atoms with Crippen LogP contribution in [0.2, 0.25) is 0 Å². The molecule has 4 rings (SSSR count). The van der Waals surface area contributed by atoms with E-state index in [1.54, 1.807) is 55.6 Å². The van der Waals surface area contributed by atoms with Gasteiger partial charge in [0.2, 0.25) is 0 Å². The van der Waals surface area contributed by atoms with Crippen LogP contribution in [0.5, 0.6) is 5.75 Å². The van der Waals surface area contributed by atoms with Crippen LogP contribution in [0.3, 0.4) is 0 Å². The number of nitrogens with zero attached hydrogens (tertiary/aromatic N) is 2. The molecule has 0 aromatic heterocycles. The molecule has 0 radical (unpaired) electrons. The fourth-order valence-corrected chi connectivity index (χ4v) is 4.86. The van der Waals surface area contributed by atoms with E-state index >= 15 is 0 Å². The highest BCUT2D eigenvalue weighted by Crippen LogP contribution is 2.41. The number of carbonyl (C=O) groups is 1. The lowest BCUT2D eigenvalue weighted by Gasteiger charge is -2.17. The monoisotopic (exact) mass is 395 g/mol. The maximum absolute atomic E-state index is 12.9. The van der Waals surface area contributed by atoms with Gasteiger partial charge in [-0.2, -0.15) is 5.10 Å². The summed E-state index contributed by atoms with van der Waals surface area (Å²) in [5.74, 6) is 0.136. The van der Waals surface area contributed by atoms with Crippen LogP contribution in [0.25, 0.3) is 10.8 Å². The first kappa shape index (κ1) is 18.0. The van der Waals surface area contributed by atoms with Crippen LogP contribution in [0, 0.1) is 0 Å². The van der Waals surface area contributed by atoms with Crippen LogP contribution in [0.4, 0.5) is 5.69 Å². The van der Waals surface area contributed by atoms with Gasteiger partial charge in [0, 0.05) is 5.39 Å². The number of anilines is 1. The third kappa shape index (κ3) is 3.07. The summed E-state index contributed by atoms with van der Waals surface area (Å²) in [6, 6.07) is 17.6. The van der Waals surface area contributed by atoms with Crippen LogP contribution in [-0.4, -0.2) is 34.2 Å². The number of nitrogens with one attached hydrogen (secondary N) is 1. The molecule has 0 spiro atoms. The molecular weight excluding hydrogens is 378 g/mol. The normalized spacial score (nSPS) is 14.5. The number of benzene rings is 3. The van der Waals surface area contributed by atoms with E-state index in [2.05, 4.69) is 10.5 Å². The minimum Gasteiger partial charge on any atom is -0.497 e. The zero-order valence-corrected chi connectivity index (χ0v) is 15.8. The summed E-state index contributed by atoms with van der Waals surface area (Å²) in [6.07, 6.45) is 1.47. The Morgan fingerprint density at radius 1 is 1.14 bits per heavy atom. The molecule has 1 aliphatic heterocycles. The number of methoxy groups -OCH3 is 1. The number of hydrogen-bond donors (Lipinski definition) is 1. The highest BCUT2D eigenvalue weighted by molar-refractivity contribution is 7.93. The average Bonchev–Trinajstić information content (AvgIpc) is 2.91. The summed E-state index contributed by atoms with van der Waals surface area (Å²) in [5, 5.41) is 5.36. The highest BCUT2D eigenvalue weighted by atomic mass is 32.2. The fraction of sp³-hybridized carbons (Fsp3) is 0.100. The Morgan fingerprint density at radius 2 is 1.89 bits per heavy atom. The van der Waals surface area contributed by atoms with E-state index in [0.717, 1.165) is 15.3 Å². The van der Waals surface area contributed by atoms with Gasteiger partial charge in [-0.15, -0.1) is 0 Å². The van der Waals surface area contributed by atoms with Crippen LogP contribution >= 0.6 is 0 Å². The molecule has 0 atom stereocenters. The van der Waals surface area contributed by atoms with Crippen molar-refractivity contribution >= 4 is 38.6 Å². The number of ether oxygens (including phenoxy) is 1. The second-order valence-corrected chi connectivity index (χ2v) is 8.04. The second kappa shape index (κ2) is 6.97. The lowest BCUT2D eigenvalue weighted by molar-refractivity contribution is -0.119. The van der Waals surface area contributed by atoms with Gasteiger partial charge in [-0.1, -0.05) is 36.4 Å². The Morgan fingerprint density at radius 3 is 2.68 bits per heavy atom. The van der Waals surface area contributed by atoms with Crippen LogP contribution < -0.4 is 14.5 Å². The van der Waals surface area contributed by atoms with Gasteiger partial charge in [0.1, 0.15) is 12.3 Å². The number of amides is 1. The average molecular weight is 395 g/mol. The molecular formula is C20H17N3O4S. The topological polar surface area (TPSA) is 88.1 Å². The Hall–Kier alpha value is -3.39. The third-order valence-corrected chi connectivity index (χ3v) is 6.27. The number of sulfonamides is 1. The van der Waals surface area contributed by atoms with Crippen LogP contribution in [0.1, 0.15) is 5.56 Å². The standard InChI is InChI=1S/C20H17N3O4S/c1-27-16-8-2-5-14(11-16)12-21-22-19(24)13-23-17-9-3-6-15-7-4-10-18(20(15)17)28(23,25)26/h2-12H,13H2,1H3,(H,22,24)/b21-12-. The lowest BCUT2D eigenvalue weighted by atomic mass is 10.1. The maximum atomic E-state index is 12.9. The van der Waals surface area contributed by atoms with Gasteiger partial charge in [-0.25, -0.2) is 13.8 Å². The molecule has 28 heavy (non-hydrogen) atoms. The molecule has 1 heterocycles. The summed E-state index contributed by atoms with van der Waals surface area (Å²) in [7, 11) is -2.21. The number of hydrazone groups is 1. The Balaban J connectivity index is 1.52. The SMILES string of the molecule is COc1cccc(/C=N\NC(=O)CN2c3cccc4cccc(c34)S2(=O)=O)c1. The van der Waals surface area contributed by atoms with E-state index in [-0.39, 0.29) is 11.4 Å². The molecule has 3 aromatic rings. The van der Waals surface area contributed by atoms with Crippen molar-refractivity contribution in [2.45, 2.75) is 4.90 Å². The smallest absolute Gasteiger partial charge is 0.265 e. The molecule has 1 N–H and O–H groups in total. The van der Waals surface area contributed by atoms with Gasteiger partial charge < -0.3 is 4.74 Å². The van der Waals surface area contributed by atoms with Crippen molar-refractivity contribution in [1.82, 2.24) is 5.43 Å². The number of carbonyl (C=O) groups excluding carboxylic acids is 1. The van der Waals surface area contributed by atoms with E-state index in [9.17, 15) is 13.2 Å². The predicted octanol–water partition coefficient (Wildman–Crippen LogP) is 2.51. The minimum atomic E-state index is -3.78. The van der Waals surface area contributed by atoms with Crippen molar-refractivity contribution < 1.29 is 17.9 Å². The molecule has 3 aromatic carbocycles. The highest BCUT2D eigenvalue weighted by Gasteiger charge is 2.36. The minimum absolute atomic E-state index is 0.216.